The van der Waals surface area contributed by atoms with E-state index in [0.717, 1.165) is 60.7 Å². The maximum atomic E-state index is 14.5. The third kappa shape index (κ3) is 6.51. The molecule has 1 saturated carbocycles. The van der Waals surface area contributed by atoms with Gasteiger partial charge < -0.3 is 19.1 Å². The second-order valence-electron chi connectivity index (χ2n) is 10.5. The van der Waals surface area contributed by atoms with Crippen molar-refractivity contribution in [2.45, 2.75) is 56.8 Å². The summed E-state index contributed by atoms with van der Waals surface area (Å²) in [4.78, 5) is 15.5. The number of methoxy groups -OCH3 is 2. The number of hydrogen-bond donors (Lipinski definition) is 0. The van der Waals surface area contributed by atoms with Gasteiger partial charge in [-0.1, -0.05) is 19.9 Å². The number of hydrogen-bond acceptors (Lipinski definition) is 7. The lowest BCUT2D eigenvalue weighted by molar-refractivity contribution is 0.0598. The van der Waals surface area contributed by atoms with Crippen molar-refractivity contribution in [2.75, 3.05) is 58.1 Å². The molecule has 0 N–H and O–H groups in total. The summed E-state index contributed by atoms with van der Waals surface area (Å²) >= 11 is 0. The molecule has 0 heterocycles. The predicted molar refractivity (Wildman–Crippen MR) is 152 cm³/mol. The molecule has 2 aliphatic rings. The Morgan fingerprint density at radius 1 is 1.05 bits per heavy atom. The van der Waals surface area contributed by atoms with Gasteiger partial charge in [-0.05, 0) is 98.0 Å². The van der Waals surface area contributed by atoms with Gasteiger partial charge in [-0.25, -0.2) is 21.9 Å². The monoisotopic (exact) mass is 576 g/mol. The first-order valence-corrected chi connectivity index (χ1v) is 15.5. The summed E-state index contributed by atoms with van der Waals surface area (Å²) in [5, 5.41) is 0. The fourth-order valence-electron chi connectivity index (χ4n) is 5.72. The standard InChI is InChI=1S/C30H41FN2O6S/c1-5-32(6-2)19-22-17-25(22)26-18-23(31)12-14-28(26)40(35,36)33(20-39-16-15-37-3)27-13-11-21-9-7-8-10-24(21)29(27)30(34)38-4/h11-14,18,22,25H,5-10,15-17,19-20H2,1-4H3/t22-,25-/m0/s1. The third-order valence-electron chi connectivity index (χ3n) is 8.06. The first-order valence-electron chi connectivity index (χ1n) is 14.1. The molecule has 0 aliphatic heterocycles. The van der Waals surface area contributed by atoms with Gasteiger partial charge in [0, 0.05) is 13.7 Å². The predicted octanol–water partition coefficient (Wildman–Crippen LogP) is 4.75. The lowest BCUT2D eigenvalue weighted by atomic mass is 9.87. The zero-order valence-corrected chi connectivity index (χ0v) is 24.8. The molecule has 0 bridgehead atoms. The number of halogens is 1. The van der Waals surface area contributed by atoms with Gasteiger partial charge in [-0.2, -0.15) is 0 Å². The average Bonchev–Trinajstić information content (AvgIpc) is 3.73. The van der Waals surface area contributed by atoms with Crippen LogP contribution in [0.3, 0.4) is 0 Å². The van der Waals surface area contributed by atoms with E-state index in [4.69, 9.17) is 14.2 Å². The minimum Gasteiger partial charge on any atom is -0.465 e. The third-order valence-corrected chi connectivity index (χ3v) is 9.87. The topological polar surface area (TPSA) is 85.4 Å². The Morgan fingerprint density at radius 3 is 2.50 bits per heavy atom. The van der Waals surface area contributed by atoms with Gasteiger partial charge in [-0.3, -0.25) is 0 Å². The van der Waals surface area contributed by atoms with Crippen LogP contribution in [0.4, 0.5) is 10.1 Å². The first-order chi connectivity index (χ1) is 19.3. The fourth-order valence-corrected chi connectivity index (χ4v) is 7.33. The van der Waals surface area contributed by atoms with Gasteiger partial charge in [0.1, 0.15) is 12.5 Å². The van der Waals surface area contributed by atoms with E-state index in [1.807, 2.05) is 6.07 Å². The molecular formula is C30H41FN2O6S. The highest BCUT2D eigenvalue weighted by Crippen LogP contribution is 2.50. The zero-order valence-electron chi connectivity index (χ0n) is 23.9. The molecule has 2 aliphatic carbocycles. The Balaban J connectivity index is 1.79. The molecule has 10 heteroatoms. The molecular weight excluding hydrogens is 535 g/mol. The maximum absolute atomic E-state index is 14.5. The van der Waals surface area contributed by atoms with E-state index < -0.39 is 21.8 Å². The van der Waals surface area contributed by atoms with E-state index in [9.17, 15) is 17.6 Å². The van der Waals surface area contributed by atoms with Crippen molar-refractivity contribution in [3.63, 3.8) is 0 Å². The summed E-state index contributed by atoms with van der Waals surface area (Å²) in [5.74, 6) is -0.890. The fraction of sp³-hybridized carbons (Fsp3) is 0.567. The molecule has 0 saturated heterocycles. The molecule has 1 fully saturated rings. The number of carbonyl (C=O) groups excluding carboxylic acids is 1. The van der Waals surface area contributed by atoms with Crippen molar-refractivity contribution < 1.29 is 31.8 Å². The zero-order chi connectivity index (χ0) is 28.9. The highest BCUT2D eigenvalue weighted by atomic mass is 32.2. The molecule has 2 atom stereocenters. The van der Waals surface area contributed by atoms with Crippen molar-refractivity contribution in [1.29, 1.82) is 0 Å². The summed E-state index contributed by atoms with van der Waals surface area (Å²) in [6.45, 7) is 6.92. The number of rotatable bonds is 14. The smallest absolute Gasteiger partial charge is 0.340 e. The molecule has 0 unspecified atom stereocenters. The molecule has 8 nitrogen and oxygen atoms in total. The van der Waals surface area contributed by atoms with Gasteiger partial charge in [0.25, 0.3) is 10.0 Å². The molecule has 2 aromatic carbocycles. The van der Waals surface area contributed by atoms with Crippen LogP contribution in [0.1, 0.15) is 66.1 Å². The number of fused-ring (bicyclic) bond motifs is 1. The average molecular weight is 577 g/mol. The molecule has 0 amide bonds. The van der Waals surface area contributed by atoms with Crippen molar-refractivity contribution in [1.82, 2.24) is 4.90 Å². The van der Waals surface area contributed by atoms with E-state index in [1.165, 1.54) is 32.4 Å². The second-order valence-corrected chi connectivity index (χ2v) is 12.3. The van der Waals surface area contributed by atoms with Crippen LogP contribution in [0.25, 0.3) is 0 Å². The van der Waals surface area contributed by atoms with Crippen molar-refractivity contribution in [2.24, 2.45) is 5.92 Å². The second kappa shape index (κ2) is 13.4. The lowest BCUT2D eigenvalue weighted by Gasteiger charge is -2.29. The van der Waals surface area contributed by atoms with Crippen LogP contribution in [0.15, 0.2) is 35.2 Å². The van der Waals surface area contributed by atoms with E-state index in [2.05, 4.69) is 18.7 Å². The number of aryl methyl sites for hydroxylation is 1. The Bertz CT molecular complexity index is 1300. The quantitative estimate of drug-likeness (QED) is 0.182. The highest BCUT2D eigenvalue weighted by Gasteiger charge is 2.43. The number of esters is 1. The molecule has 220 valence electrons. The van der Waals surface area contributed by atoms with E-state index in [0.29, 0.717) is 12.0 Å². The van der Waals surface area contributed by atoms with Crippen LogP contribution < -0.4 is 4.31 Å². The van der Waals surface area contributed by atoms with Crippen LogP contribution >= 0.6 is 0 Å². The van der Waals surface area contributed by atoms with Gasteiger partial charge in [0.2, 0.25) is 0 Å². The van der Waals surface area contributed by atoms with E-state index in [-0.39, 0.29) is 47.9 Å². The summed E-state index contributed by atoms with van der Waals surface area (Å²) in [5.41, 5.74) is 2.75. The summed E-state index contributed by atoms with van der Waals surface area (Å²) in [6.07, 6.45) is 4.16. The van der Waals surface area contributed by atoms with Gasteiger partial charge in [0.05, 0.1) is 36.5 Å². The van der Waals surface area contributed by atoms with Gasteiger partial charge in [-0.15, -0.1) is 0 Å². The Labute approximate surface area is 237 Å². The van der Waals surface area contributed by atoms with E-state index in [1.54, 1.807) is 6.07 Å². The molecule has 4 rings (SSSR count). The number of anilines is 1. The largest absolute Gasteiger partial charge is 0.465 e. The molecule has 0 radical (unpaired) electrons. The lowest BCUT2D eigenvalue weighted by Crippen LogP contribution is -2.36. The summed E-state index contributed by atoms with van der Waals surface area (Å²) in [7, 11) is -1.44. The number of ether oxygens (including phenoxy) is 3. The molecule has 0 spiro atoms. The first kappa shape index (κ1) is 30.4. The Hall–Kier alpha value is -2.53. The normalized spacial score (nSPS) is 18.4. The maximum Gasteiger partial charge on any atom is 0.340 e. The highest BCUT2D eigenvalue weighted by molar-refractivity contribution is 7.92. The summed E-state index contributed by atoms with van der Waals surface area (Å²) < 4.78 is 60.6. The van der Waals surface area contributed by atoms with E-state index >= 15 is 0 Å². The number of benzene rings is 2. The molecule has 40 heavy (non-hydrogen) atoms. The van der Waals surface area contributed by atoms with Gasteiger partial charge in [0.15, 0.2) is 0 Å². The van der Waals surface area contributed by atoms with Crippen LogP contribution in [-0.2, 0) is 37.1 Å². The van der Waals surface area contributed by atoms with Crippen LogP contribution in [0, 0.1) is 11.7 Å². The Kier molecular flexibility index (Phi) is 10.2. The summed E-state index contributed by atoms with van der Waals surface area (Å²) in [6, 6.07) is 7.41. The minimum absolute atomic E-state index is 0.0322. The Morgan fingerprint density at radius 2 is 1.80 bits per heavy atom. The van der Waals surface area contributed by atoms with Crippen molar-refractivity contribution >= 4 is 21.7 Å². The minimum atomic E-state index is -4.27. The van der Waals surface area contributed by atoms with Crippen molar-refractivity contribution in [3.8, 4) is 0 Å². The molecule has 2 aromatic rings. The number of carbonyl (C=O) groups is 1. The van der Waals surface area contributed by atoms with Crippen LogP contribution in [0.2, 0.25) is 0 Å². The van der Waals surface area contributed by atoms with Crippen LogP contribution in [-0.4, -0.2) is 73.1 Å². The van der Waals surface area contributed by atoms with Crippen LogP contribution in [0.5, 0.6) is 0 Å². The van der Waals surface area contributed by atoms with Gasteiger partial charge >= 0.3 is 5.97 Å². The molecule has 0 aromatic heterocycles. The number of sulfonamides is 1. The SMILES string of the molecule is CCN(CC)C[C@@H]1C[C@@H]1c1cc(F)ccc1S(=O)(=O)N(COCCOC)c1ccc2c(c1C(=O)OC)CCCC2. The van der Waals surface area contributed by atoms with Crippen molar-refractivity contribution in [3.05, 3.63) is 58.4 Å². The number of nitrogens with zero attached hydrogens (tertiary/aromatic N) is 2.